The van der Waals surface area contributed by atoms with Crippen LogP contribution in [0.1, 0.15) is 43.5 Å². The molecular weight excluding hydrogens is 664 g/mol. The number of aliphatic hydroxyl groups excluding tert-OH is 1. The van der Waals surface area contributed by atoms with Gasteiger partial charge in [-0.25, -0.2) is 9.59 Å². The maximum absolute atomic E-state index is 12.5. The van der Waals surface area contributed by atoms with Gasteiger partial charge in [0.05, 0.1) is 43.2 Å². The summed E-state index contributed by atoms with van der Waals surface area (Å²) in [5.41, 5.74) is 5.49. The number of halogens is 1. The monoisotopic (exact) mass is 702 g/mol. The van der Waals surface area contributed by atoms with Gasteiger partial charge in [-0.15, -0.1) is 0 Å². The summed E-state index contributed by atoms with van der Waals surface area (Å²) < 4.78 is 28.5. The average Bonchev–Trinajstić information content (AvgIpc) is 3.10. The molecule has 0 unspecified atom stereocenters. The molecule has 4 aromatic rings. The van der Waals surface area contributed by atoms with E-state index in [2.05, 4.69) is 39.4 Å². The third-order valence-corrected chi connectivity index (χ3v) is 7.97. The second-order valence-corrected chi connectivity index (χ2v) is 11.5. The molecule has 0 bridgehead atoms. The van der Waals surface area contributed by atoms with Crippen LogP contribution < -0.4 is 35.0 Å². The van der Waals surface area contributed by atoms with E-state index in [1.165, 1.54) is 13.3 Å². The van der Waals surface area contributed by atoms with Crippen LogP contribution in [-0.2, 0) is 16.1 Å². The lowest BCUT2D eigenvalue weighted by Gasteiger charge is -2.28. The number of hydrazone groups is 1. The number of nitrogens with zero attached hydrogens (tertiary/aromatic N) is 1. The lowest BCUT2D eigenvalue weighted by atomic mass is 9.95. The fourth-order valence-electron chi connectivity index (χ4n) is 5.45. The molecule has 1 aliphatic rings. The predicted molar refractivity (Wildman–Crippen MR) is 190 cm³/mol. The number of carbonyl (C=O) groups excluding carboxylic acids is 2. The lowest BCUT2D eigenvalue weighted by molar-refractivity contribution is -0.136. The molecule has 2 atom stereocenters. The fourth-order valence-corrected chi connectivity index (χ4v) is 5.73. The fraction of sp³-hybridized carbons (Fsp3) is 0.270. The van der Waals surface area contributed by atoms with Gasteiger partial charge in [0.2, 0.25) is 0 Å². The number of hydrogen-bond acceptors (Lipinski definition) is 10. The smallest absolute Gasteiger partial charge is 0.337 e. The van der Waals surface area contributed by atoms with Gasteiger partial charge in [0.25, 0.3) is 0 Å². The third-order valence-electron chi connectivity index (χ3n) is 7.69. The van der Waals surface area contributed by atoms with Crippen molar-refractivity contribution in [1.29, 1.82) is 0 Å². The highest BCUT2D eigenvalue weighted by atomic mass is 35.5. The maximum atomic E-state index is 12.5. The van der Waals surface area contributed by atoms with E-state index in [0.29, 0.717) is 64.7 Å². The Morgan fingerprint density at radius 3 is 2.52 bits per heavy atom. The molecule has 0 spiro atoms. The van der Waals surface area contributed by atoms with Gasteiger partial charge in [-0.05, 0) is 72.5 Å². The van der Waals surface area contributed by atoms with Crippen LogP contribution in [-0.4, -0.2) is 56.5 Å². The van der Waals surface area contributed by atoms with E-state index < -0.39 is 24.3 Å². The van der Waals surface area contributed by atoms with Crippen LogP contribution in [0.5, 0.6) is 23.0 Å². The van der Waals surface area contributed by atoms with Crippen LogP contribution >= 0.6 is 11.6 Å². The van der Waals surface area contributed by atoms with Gasteiger partial charge >= 0.3 is 12.0 Å². The third kappa shape index (κ3) is 8.57. The molecule has 12 nitrogen and oxygen atoms in total. The Morgan fingerprint density at radius 2 is 1.74 bits per heavy atom. The summed E-state index contributed by atoms with van der Waals surface area (Å²) in [6.07, 6.45) is 0.305. The highest BCUT2D eigenvalue weighted by molar-refractivity contribution is 6.32. The summed E-state index contributed by atoms with van der Waals surface area (Å²) in [7, 11) is 1.27. The molecule has 1 heterocycles. The van der Waals surface area contributed by atoms with Crippen molar-refractivity contribution in [1.82, 2.24) is 16.1 Å². The zero-order chi connectivity index (χ0) is 35.6. The minimum absolute atomic E-state index is 0.181. The summed E-state index contributed by atoms with van der Waals surface area (Å²) in [5.74, 6) is 1.01. The van der Waals surface area contributed by atoms with Crippen molar-refractivity contribution in [3.05, 3.63) is 106 Å². The number of nitrogens with one attached hydrogen (secondary N) is 3. The largest absolute Gasteiger partial charge is 0.490 e. The zero-order valence-electron chi connectivity index (χ0n) is 28.1. The van der Waals surface area contributed by atoms with Gasteiger partial charge in [0.1, 0.15) is 13.2 Å². The van der Waals surface area contributed by atoms with E-state index in [4.69, 9.17) is 35.3 Å². The van der Waals surface area contributed by atoms with E-state index >= 15 is 0 Å². The highest BCUT2D eigenvalue weighted by Crippen LogP contribution is 2.38. The number of amides is 2. The molecule has 262 valence electrons. The van der Waals surface area contributed by atoms with E-state index in [-0.39, 0.29) is 12.2 Å². The summed E-state index contributed by atoms with van der Waals surface area (Å²) in [6, 6.07) is 21.4. The molecule has 0 aliphatic carbocycles. The molecule has 4 aromatic carbocycles. The van der Waals surface area contributed by atoms with Crippen molar-refractivity contribution in [2.75, 3.05) is 26.9 Å². The van der Waals surface area contributed by atoms with Gasteiger partial charge in [-0.2, -0.15) is 5.10 Å². The van der Waals surface area contributed by atoms with Crippen LogP contribution in [0, 0.1) is 0 Å². The van der Waals surface area contributed by atoms with E-state index in [9.17, 15) is 14.7 Å². The average molecular weight is 703 g/mol. The Balaban J connectivity index is 1.23. The molecule has 0 radical (unpaired) electrons. The molecule has 0 saturated carbocycles. The zero-order valence-corrected chi connectivity index (χ0v) is 28.9. The molecule has 13 heteroatoms. The van der Waals surface area contributed by atoms with Crippen molar-refractivity contribution in [2.45, 2.75) is 39.6 Å². The van der Waals surface area contributed by atoms with Crippen LogP contribution in [0.15, 0.2) is 89.2 Å². The number of esters is 1. The number of benzene rings is 4. The molecular formula is C37H39ClN4O8. The highest BCUT2D eigenvalue weighted by Gasteiger charge is 2.32. The minimum atomic E-state index is -1.19. The standard InChI is InChI=1S/C37H39ClN4O8/c1-5-47-30-18-25(34-33(36(44)46-4)22(3)40-37(45)41-34)14-15-29(30)49-21-32(43)42-39-19-23-16-28(38)35(31(17-23)48-6-2)50-20-26-12-9-11-24-10-7-8-13-27(24)26/h7-19,32,34,42-43H,5-6,20-21H2,1-4H3,(H2,40,41,45)/b39-19-/t32-,34+/m0/s1. The number of hydrogen-bond donors (Lipinski definition) is 4. The van der Waals surface area contributed by atoms with Crippen molar-refractivity contribution < 1.29 is 38.4 Å². The number of allylic oxidation sites excluding steroid dienone is 1. The first kappa shape index (κ1) is 35.8. The van der Waals surface area contributed by atoms with Crippen LogP contribution in [0.3, 0.4) is 0 Å². The lowest BCUT2D eigenvalue weighted by Crippen LogP contribution is -2.45. The van der Waals surface area contributed by atoms with Crippen molar-refractivity contribution >= 4 is 40.6 Å². The molecule has 5 rings (SSSR count). The van der Waals surface area contributed by atoms with Crippen LogP contribution in [0.2, 0.25) is 5.02 Å². The molecule has 50 heavy (non-hydrogen) atoms. The van der Waals surface area contributed by atoms with Gasteiger partial charge in [-0.1, -0.05) is 60.1 Å². The Labute approximate surface area is 295 Å². The number of fused-ring (bicyclic) bond motifs is 1. The normalized spacial score (nSPS) is 14.9. The topological polar surface area (TPSA) is 149 Å². The van der Waals surface area contributed by atoms with E-state index in [1.807, 2.05) is 38.1 Å². The van der Waals surface area contributed by atoms with Gasteiger partial charge in [0, 0.05) is 5.70 Å². The Hall–Kier alpha value is -5.46. The van der Waals surface area contributed by atoms with Crippen molar-refractivity contribution in [2.24, 2.45) is 5.10 Å². The number of rotatable bonds is 15. The van der Waals surface area contributed by atoms with Crippen LogP contribution in [0.4, 0.5) is 4.79 Å². The van der Waals surface area contributed by atoms with E-state index in [1.54, 1.807) is 37.3 Å². The van der Waals surface area contributed by atoms with E-state index in [0.717, 1.165) is 16.3 Å². The second-order valence-electron chi connectivity index (χ2n) is 11.1. The number of urea groups is 1. The molecule has 1 aliphatic heterocycles. The summed E-state index contributed by atoms with van der Waals surface area (Å²) in [5, 5.41) is 22.6. The number of aliphatic hydroxyl groups is 1. The molecule has 0 fully saturated rings. The van der Waals surface area contributed by atoms with Crippen molar-refractivity contribution in [3.63, 3.8) is 0 Å². The Bertz CT molecular complexity index is 1910. The predicted octanol–water partition coefficient (Wildman–Crippen LogP) is 5.99. The molecule has 0 aromatic heterocycles. The SMILES string of the molecule is CCOc1cc([C@H]2NC(=O)NC(C)=C2C(=O)OC)ccc1OC[C@H](O)N/N=C\c1cc(Cl)c(OCc2cccc3ccccc23)c(OCC)c1. The molecule has 4 N–H and O–H groups in total. The maximum Gasteiger partial charge on any atom is 0.337 e. The number of methoxy groups -OCH3 is 1. The number of ether oxygens (including phenoxy) is 5. The Kier molecular flexibility index (Phi) is 12.0. The Morgan fingerprint density at radius 1 is 0.980 bits per heavy atom. The summed E-state index contributed by atoms with van der Waals surface area (Å²) in [6.45, 7) is 6.14. The minimum Gasteiger partial charge on any atom is -0.490 e. The molecule has 2 amide bonds. The second kappa shape index (κ2) is 16.8. The first-order chi connectivity index (χ1) is 24.2. The molecule has 0 saturated heterocycles. The quantitative estimate of drug-likeness (QED) is 0.0507. The number of carbonyl (C=O) groups is 2. The summed E-state index contributed by atoms with van der Waals surface area (Å²) in [4.78, 5) is 24.7. The van der Waals surface area contributed by atoms with Gasteiger partial charge in [0.15, 0.2) is 29.2 Å². The first-order valence-corrected chi connectivity index (χ1v) is 16.4. The van der Waals surface area contributed by atoms with Gasteiger partial charge in [-0.3, -0.25) is 5.43 Å². The first-order valence-electron chi connectivity index (χ1n) is 16.0. The summed E-state index contributed by atoms with van der Waals surface area (Å²) >= 11 is 6.64. The van der Waals surface area contributed by atoms with Gasteiger partial charge < -0.3 is 39.4 Å². The van der Waals surface area contributed by atoms with Crippen LogP contribution in [0.25, 0.3) is 10.8 Å². The van der Waals surface area contributed by atoms with Crippen molar-refractivity contribution in [3.8, 4) is 23.0 Å².